The van der Waals surface area contributed by atoms with Crippen LogP contribution in [-0.4, -0.2) is 30.1 Å². The Hall–Kier alpha value is -3.61. The molecule has 2 aromatic carbocycles. The number of nitrogens with zero attached hydrogens (tertiary/aromatic N) is 2. The van der Waals surface area contributed by atoms with Gasteiger partial charge in [-0.25, -0.2) is 9.97 Å². The standard InChI is InChI=1S/C20H20N4O3/c1-13-4-6-14(7-5-13)23-19-12-21-16(11-22-19)20(25)24-15-8-9-17(26-2)18(10-15)27-3/h4-12H,1-3H3,(H,22,23)(H,24,25). The van der Waals surface area contributed by atoms with Gasteiger partial charge in [-0.2, -0.15) is 0 Å². The lowest BCUT2D eigenvalue weighted by atomic mass is 10.2. The lowest BCUT2D eigenvalue weighted by molar-refractivity contribution is 0.102. The molecule has 3 aromatic rings. The number of aryl methyl sites for hydroxylation is 1. The van der Waals surface area contributed by atoms with Gasteiger partial charge in [-0.15, -0.1) is 0 Å². The lowest BCUT2D eigenvalue weighted by Gasteiger charge is -2.10. The van der Waals surface area contributed by atoms with E-state index in [9.17, 15) is 4.79 Å². The fourth-order valence-corrected chi connectivity index (χ4v) is 2.40. The molecular weight excluding hydrogens is 344 g/mol. The van der Waals surface area contributed by atoms with Crippen molar-refractivity contribution in [3.8, 4) is 11.5 Å². The Bertz CT molecular complexity index is 925. The van der Waals surface area contributed by atoms with Crippen LogP contribution in [0, 0.1) is 6.92 Å². The first kappa shape index (κ1) is 18.2. The van der Waals surface area contributed by atoms with Gasteiger partial charge in [-0.05, 0) is 31.2 Å². The van der Waals surface area contributed by atoms with Crippen LogP contribution < -0.4 is 20.1 Å². The van der Waals surface area contributed by atoms with Crippen molar-refractivity contribution in [3.05, 3.63) is 66.1 Å². The van der Waals surface area contributed by atoms with Crippen molar-refractivity contribution in [1.29, 1.82) is 0 Å². The SMILES string of the molecule is COc1ccc(NC(=O)c2cnc(Nc3ccc(C)cc3)cn2)cc1OC. The molecule has 0 atom stereocenters. The first-order valence-electron chi connectivity index (χ1n) is 8.28. The highest BCUT2D eigenvalue weighted by molar-refractivity contribution is 6.02. The molecule has 7 heteroatoms. The van der Waals surface area contributed by atoms with Gasteiger partial charge in [0.05, 0.1) is 26.6 Å². The van der Waals surface area contributed by atoms with Gasteiger partial charge < -0.3 is 20.1 Å². The van der Waals surface area contributed by atoms with Crippen molar-refractivity contribution in [3.63, 3.8) is 0 Å². The molecule has 1 amide bonds. The quantitative estimate of drug-likeness (QED) is 0.692. The largest absolute Gasteiger partial charge is 0.493 e. The number of hydrogen-bond donors (Lipinski definition) is 2. The van der Waals surface area contributed by atoms with Gasteiger partial charge in [0.2, 0.25) is 0 Å². The fourth-order valence-electron chi connectivity index (χ4n) is 2.40. The van der Waals surface area contributed by atoms with E-state index in [-0.39, 0.29) is 11.6 Å². The molecule has 2 N–H and O–H groups in total. The van der Waals surface area contributed by atoms with Crippen molar-refractivity contribution in [1.82, 2.24) is 9.97 Å². The highest BCUT2D eigenvalue weighted by Gasteiger charge is 2.11. The topological polar surface area (TPSA) is 85.4 Å². The first-order chi connectivity index (χ1) is 13.1. The summed E-state index contributed by atoms with van der Waals surface area (Å²) in [4.78, 5) is 20.8. The second kappa shape index (κ2) is 8.18. The summed E-state index contributed by atoms with van der Waals surface area (Å²) >= 11 is 0. The van der Waals surface area contributed by atoms with Crippen LogP contribution in [0.4, 0.5) is 17.2 Å². The van der Waals surface area contributed by atoms with Gasteiger partial charge in [0, 0.05) is 17.4 Å². The number of anilines is 3. The van der Waals surface area contributed by atoms with Crippen LogP contribution in [0.1, 0.15) is 16.1 Å². The molecule has 1 aromatic heterocycles. The number of rotatable bonds is 6. The third-order valence-electron chi connectivity index (χ3n) is 3.85. The van der Waals surface area contributed by atoms with Gasteiger partial charge in [-0.1, -0.05) is 17.7 Å². The Labute approximate surface area is 157 Å². The second-order valence-electron chi connectivity index (χ2n) is 5.80. The molecule has 1 heterocycles. The van der Waals surface area contributed by atoms with Crippen molar-refractivity contribution < 1.29 is 14.3 Å². The summed E-state index contributed by atoms with van der Waals surface area (Å²) in [5.74, 6) is 1.30. The molecule has 0 spiro atoms. The normalized spacial score (nSPS) is 10.2. The number of carbonyl (C=O) groups excluding carboxylic acids is 1. The van der Waals surface area contributed by atoms with E-state index >= 15 is 0 Å². The van der Waals surface area contributed by atoms with E-state index < -0.39 is 0 Å². The Morgan fingerprint density at radius 1 is 0.889 bits per heavy atom. The molecule has 0 aliphatic heterocycles. The van der Waals surface area contributed by atoms with Crippen LogP contribution in [0.25, 0.3) is 0 Å². The summed E-state index contributed by atoms with van der Waals surface area (Å²) in [5.41, 5.74) is 2.85. The minimum Gasteiger partial charge on any atom is -0.493 e. The smallest absolute Gasteiger partial charge is 0.275 e. The molecule has 0 bridgehead atoms. The molecule has 0 aliphatic carbocycles. The number of nitrogens with one attached hydrogen (secondary N) is 2. The van der Waals surface area contributed by atoms with Crippen molar-refractivity contribution in [2.75, 3.05) is 24.9 Å². The maximum absolute atomic E-state index is 12.4. The summed E-state index contributed by atoms with van der Waals surface area (Å²) in [6, 6.07) is 13.0. The minimum atomic E-state index is -0.364. The van der Waals surface area contributed by atoms with Gasteiger partial charge in [-0.3, -0.25) is 4.79 Å². The van der Waals surface area contributed by atoms with Gasteiger partial charge in [0.25, 0.3) is 5.91 Å². The molecule has 27 heavy (non-hydrogen) atoms. The summed E-state index contributed by atoms with van der Waals surface area (Å²) in [6.07, 6.45) is 2.94. The average molecular weight is 364 g/mol. The van der Waals surface area contributed by atoms with Gasteiger partial charge in [0.1, 0.15) is 11.5 Å². The highest BCUT2D eigenvalue weighted by Crippen LogP contribution is 2.29. The first-order valence-corrected chi connectivity index (χ1v) is 8.28. The number of amides is 1. The van der Waals surface area contributed by atoms with E-state index in [2.05, 4.69) is 20.6 Å². The van der Waals surface area contributed by atoms with Crippen molar-refractivity contribution in [2.24, 2.45) is 0 Å². The van der Waals surface area contributed by atoms with Crippen LogP contribution in [-0.2, 0) is 0 Å². The van der Waals surface area contributed by atoms with E-state index in [1.165, 1.54) is 25.1 Å². The predicted molar refractivity (Wildman–Crippen MR) is 104 cm³/mol. The molecule has 0 saturated heterocycles. The monoisotopic (exact) mass is 364 g/mol. The molecule has 0 radical (unpaired) electrons. The molecule has 138 valence electrons. The molecule has 0 aliphatic rings. The Kier molecular flexibility index (Phi) is 5.51. The number of methoxy groups -OCH3 is 2. The van der Waals surface area contributed by atoms with Crippen LogP contribution in [0.3, 0.4) is 0 Å². The van der Waals surface area contributed by atoms with Gasteiger partial charge >= 0.3 is 0 Å². The molecule has 0 saturated carbocycles. The Balaban J connectivity index is 1.67. The van der Waals surface area contributed by atoms with E-state index in [0.29, 0.717) is 23.0 Å². The van der Waals surface area contributed by atoms with E-state index in [1.807, 2.05) is 31.2 Å². The van der Waals surface area contributed by atoms with Gasteiger partial charge in [0.15, 0.2) is 11.5 Å². The van der Waals surface area contributed by atoms with E-state index in [0.717, 1.165) is 5.69 Å². The zero-order chi connectivity index (χ0) is 19.2. The summed E-state index contributed by atoms with van der Waals surface area (Å²) in [6.45, 7) is 2.02. The van der Waals surface area contributed by atoms with E-state index in [1.54, 1.807) is 25.3 Å². The number of benzene rings is 2. The van der Waals surface area contributed by atoms with Crippen LogP contribution in [0.2, 0.25) is 0 Å². The summed E-state index contributed by atoms with van der Waals surface area (Å²) in [7, 11) is 3.09. The van der Waals surface area contributed by atoms with E-state index in [4.69, 9.17) is 9.47 Å². The van der Waals surface area contributed by atoms with Crippen LogP contribution in [0.15, 0.2) is 54.9 Å². The molecule has 0 fully saturated rings. The average Bonchev–Trinajstić information content (AvgIpc) is 2.70. The third-order valence-corrected chi connectivity index (χ3v) is 3.85. The lowest BCUT2D eigenvalue weighted by Crippen LogP contribution is -2.14. The summed E-state index contributed by atoms with van der Waals surface area (Å²) in [5, 5.41) is 5.90. The zero-order valence-electron chi connectivity index (χ0n) is 15.3. The number of hydrogen-bond acceptors (Lipinski definition) is 6. The summed E-state index contributed by atoms with van der Waals surface area (Å²) < 4.78 is 10.4. The van der Waals surface area contributed by atoms with Crippen LogP contribution in [0.5, 0.6) is 11.5 Å². The minimum absolute atomic E-state index is 0.208. The number of ether oxygens (including phenoxy) is 2. The Morgan fingerprint density at radius 2 is 1.59 bits per heavy atom. The number of carbonyl (C=O) groups is 1. The number of aromatic nitrogens is 2. The molecule has 3 rings (SSSR count). The second-order valence-corrected chi connectivity index (χ2v) is 5.80. The highest BCUT2D eigenvalue weighted by atomic mass is 16.5. The van der Waals surface area contributed by atoms with Crippen molar-refractivity contribution >= 4 is 23.1 Å². The molecular formula is C20H20N4O3. The Morgan fingerprint density at radius 3 is 2.22 bits per heavy atom. The predicted octanol–water partition coefficient (Wildman–Crippen LogP) is 3.80. The van der Waals surface area contributed by atoms with Crippen LogP contribution >= 0.6 is 0 Å². The maximum Gasteiger partial charge on any atom is 0.275 e. The molecule has 0 unspecified atom stereocenters. The third kappa shape index (κ3) is 4.52. The zero-order valence-corrected chi connectivity index (χ0v) is 15.3. The molecule has 7 nitrogen and oxygen atoms in total. The fraction of sp³-hybridized carbons (Fsp3) is 0.150. The van der Waals surface area contributed by atoms with Crippen molar-refractivity contribution in [2.45, 2.75) is 6.92 Å². The maximum atomic E-state index is 12.4.